The predicted molar refractivity (Wildman–Crippen MR) is 118 cm³/mol. The molecule has 0 unspecified atom stereocenters. The van der Waals surface area contributed by atoms with Crippen LogP contribution in [0.5, 0.6) is 0 Å². The van der Waals surface area contributed by atoms with E-state index in [4.69, 9.17) is 0 Å². The average Bonchev–Trinajstić information content (AvgIpc) is 3.29. The normalized spacial score (nSPS) is 14.3. The van der Waals surface area contributed by atoms with Gasteiger partial charge in [0, 0.05) is 58.9 Å². The van der Waals surface area contributed by atoms with Gasteiger partial charge in [0.2, 0.25) is 0 Å². The minimum atomic E-state index is 0. The summed E-state index contributed by atoms with van der Waals surface area (Å²) in [6.07, 6.45) is 6.57. The summed E-state index contributed by atoms with van der Waals surface area (Å²) in [6.45, 7) is 3.79. The van der Waals surface area contributed by atoms with Gasteiger partial charge < -0.3 is 19.7 Å². The molecule has 6 nitrogen and oxygen atoms in total. The first-order valence-electron chi connectivity index (χ1n) is 8.89. The molecule has 1 aliphatic rings. The molecule has 1 saturated heterocycles. The molecule has 0 aromatic carbocycles. The number of guanidine groups is 1. The van der Waals surface area contributed by atoms with Crippen LogP contribution in [0.1, 0.15) is 24.1 Å². The van der Waals surface area contributed by atoms with E-state index in [1.165, 1.54) is 18.5 Å². The molecule has 0 spiro atoms. The zero-order valence-corrected chi connectivity index (χ0v) is 18.2. The molecule has 0 atom stereocenters. The van der Waals surface area contributed by atoms with Crippen LogP contribution in [0, 0.1) is 0 Å². The lowest BCUT2D eigenvalue weighted by Crippen LogP contribution is -2.38. The minimum absolute atomic E-state index is 0. The number of anilines is 1. The highest BCUT2D eigenvalue weighted by atomic mass is 127. The van der Waals surface area contributed by atoms with Crippen molar-refractivity contribution in [3.8, 4) is 0 Å². The van der Waals surface area contributed by atoms with Crippen LogP contribution in [0.25, 0.3) is 0 Å². The predicted octanol–water partition coefficient (Wildman–Crippen LogP) is 2.85. The van der Waals surface area contributed by atoms with Crippen LogP contribution in [0.2, 0.25) is 0 Å². The van der Waals surface area contributed by atoms with Gasteiger partial charge in [0.1, 0.15) is 5.82 Å². The number of pyridine rings is 1. The van der Waals surface area contributed by atoms with Crippen LogP contribution in [0.3, 0.4) is 0 Å². The van der Waals surface area contributed by atoms with Crippen LogP contribution >= 0.6 is 24.0 Å². The minimum Gasteiger partial charge on any atom is -0.357 e. The largest absolute Gasteiger partial charge is 0.357 e. The van der Waals surface area contributed by atoms with Crippen molar-refractivity contribution in [1.29, 1.82) is 0 Å². The third-order valence-electron chi connectivity index (χ3n) is 4.71. The van der Waals surface area contributed by atoms with Crippen molar-refractivity contribution in [2.75, 3.05) is 32.1 Å². The quantitative estimate of drug-likeness (QED) is 0.417. The molecule has 3 rings (SSSR count). The summed E-state index contributed by atoms with van der Waals surface area (Å²) in [5, 5.41) is 3.42. The number of nitrogens with one attached hydrogen (secondary N) is 1. The summed E-state index contributed by atoms with van der Waals surface area (Å²) in [7, 11) is 5.93. The Balaban J connectivity index is 0.00000243. The molecule has 2 aromatic heterocycles. The second-order valence-corrected chi connectivity index (χ2v) is 6.59. The Morgan fingerprint density at radius 1 is 1.27 bits per heavy atom. The molecule has 0 bridgehead atoms. The van der Waals surface area contributed by atoms with E-state index in [1.807, 2.05) is 13.2 Å². The number of aliphatic imine (C=N–C) groups is 1. The van der Waals surface area contributed by atoms with E-state index in [-0.39, 0.29) is 24.0 Å². The Morgan fingerprint density at radius 3 is 2.62 bits per heavy atom. The van der Waals surface area contributed by atoms with E-state index in [2.05, 4.69) is 74.2 Å². The molecule has 26 heavy (non-hydrogen) atoms. The fraction of sp³-hybridized carbons (Fsp3) is 0.474. The number of aromatic nitrogens is 2. The van der Waals surface area contributed by atoms with Gasteiger partial charge in [-0.2, -0.15) is 0 Å². The molecule has 0 amide bonds. The Labute approximate surface area is 173 Å². The molecular weight excluding hydrogens is 439 g/mol. The highest BCUT2D eigenvalue weighted by molar-refractivity contribution is 14.0. The SMILES string of the molecule is CN=C(NCc1ccc(N2CCCC2)nc1)N(C)Cc1cccn1C.I. The Hall–Kier alpha value is -1.77. The second-order valence-electron chi connectivity index (χ2n) is 6.59. The summed E-state index contributed by atoms with van der Waals surface area (Å²) < 4.78 is 2.13. The molecule has 142 valence electrons. The molecule has 0 aliphatic carbocycles. The summed E-state index contributed by atoms with van der Waals surface area (Å²) in [6, 6.07) is 8.47. The van der Waals surface area contributed by atoms with Gasteiger partial charge in [-0.05, 0) is 36.6 Å². The standard InChI is InChI=1S/C19H28N6.HI/c1-20-19(24(3)15-17-7-6-10-23(17)2)22-14-16-8-9-18(21-13-16)25-11-4-5-12-25;/h6-10,13H,4-5,11-12,14-15H2,1-3H3,(H,20,22);1H. The summed E-state index contributed by atoms with van der Waals surface area (Å²) in [5.41, 5.74) is 2.42. The van der Waals surface area contributed by atoms with Crippen LogP contribution in [-0.2, 0) is 20.1 Å². The van der Waals surface area contributed by atoms with Crippen molar-refractivity contribution in [1.82, 2.24) is 19.8 Å². The maximum atomic E-state index is 4.61. The van der Waals surface area contributed by atoms with Gasteiger partial charge in [0.05, 0.1) is 6.54 Å². The molecule has 3 heterocycles. The van der Waals surface area contributed by atoms with Crippen molar-refractivity contribution in [2.24, 2.45) is 12.0 Å². The highest BCUT2D eigenvalue weighted by Gasteiger charge is 2.13. The van der Waals surface area contributed by atoms with E-state index >= 15 is 0 Å². The Kier molecular flexibility index (Phi) is 7.74. The number of aryl methyl sites for hydroxylation is 1. The van der Waals surface area contributed by atoms with E-state index in [0.29, 0.717) is 0 Å². The lowest BCUT2D eigenvalue weighted by atomic mass is 10.3. The first kappa shape index (κ1) is 20.5. The number of rotatable bonds is 5. The maximum Gasteiger partial charge on any atom is 0.194 e. The average molecular weight is 468 g/mol. The van der Waals surface area contributed by atoms with Gasteiger partial charge >= 0.3 is 0 Å². The summed E-state index contributed by atoms with van der Waals surface area (Å²) in [5.74, 6) is 1.97. The van der Waals surface area contributed by atoms with Gasteiger partial charge in [-0.3, -0.25) is 4.99 Å². The number of nitrogens with zero attached hydrogens (tertiary/aromatic N) is 5. The molecule has 0 radical (unpaired) electrons. The zero-order valence-electron chi connectivity index (χ0n) is 15.9. The fourth-order valence-corrected chi connectivity index (χ4v) is 3.20. The Bertz CT molecular complexity index is 703. The number of hydrogen-bond acceptors (Lipinski definition) is 3. The van der Waals surface area contributed by atoms with E-state index in [9.17, 15) is 0 Å². The lowest BCUT2D eigenvalue weighted by molar-refractivity contribution is 0.461. The first-order valence-corrected chi connectivity index (χ1v) is 8.89. The van der Waals surface area contributed by atoms with Crippen LogP contribution in [0.15, 0.2) is 41.7 Å². The monoisotopic (exact) mass is 468 g/mol. The molecular formula is C19H29IN6. The maximum absolute atomic E-state index is 4.61. The van der Waals surface area contributed by atoms with Gasteiger partial charge in [0.15, 0.2) is 5.96 Å². The molecule has 1 N–H and O–H groups in total. The topological polar surface area (TPSA) is 48.7 Å². The van der Waals surface area contributed by atoms with Crippen molar-refractivity contribution >= 4 is 35.8 Å². The molecule has 0 saturated carbocycles. The third kappa shape index (κ3) is 5.12. The zero-order chi connectivity index (χ0) is 17.6. The number of hydrogen-bond donors (Lipinski definition) is 1. The van der Waals surface area contributed by atoms with Gasteiger partial charge in [-0.1, -0.05) is 6.07 Å². The van der Waals surface area contributed by atoms with E-state index in [1.54, 1.807) is 0 Å². The third-order valence-corrected chi connectivity index (χ3v) is 4.71. The van der Waals surface area contributed by atoms with E-state index in [0.717, 1.165) is 43.5 Å². The molecule has 1 fully saturated rings. The first-order chi connectivity index (χ1) is 12.2. The van der Waals surface area contributed by atoms with Gasteiger partial charge in [-0.15, -0.1) is 24.0 Å². The Morgan fingerprint density at radius 2 is 2.04 bits per heavy atom. The number of halogens is 1. The van der Waals surface area contributed by atoms with Crippen molar-refractivity contribution in [2.45, 2.75) is 25.9 Å². The van der Waals surface area contributed by atoms with Crippen molar-refractivity contribution in [3.63, 3.8) is 0 Å². The van der Waals surface area contributed by atoms with Crippen molar-refractivity contribution in [3.05, 3.63) is 47.9 Å². The van der Waals surface area contributed by atoms with Gasteiger partial charge in [-0.25, -0.2) is 4.98 Å². The molecule has 7 heteroatoms. The summed E-state index contributed by atoms with van der Waals surface area (Å²) >= 11 is 0. The fourth-order valence-electron chi connectivity index (χ4n) is 3.20. The van der Waals surface area contributed by atoms with Crippen LogP contribution in [0.4, 0.5) is 5.82 Å². The summed E-state index contributed by atoms with van der Waals surface area (Å²) in [4.78, 5) is 13.5. The lowest BCUT2D eigenvalue weighted by Gasteiger charge is -2.22. The molecule has 2 aromatic rings. The second kappa shape index (κ2) is 9.80. The van der Waals surface area contributed by atoms with Crippen LogP contribution < -0.4 is 10.2 Å². The van der Waals surface area contributed by atoms with E-state index < -0.39 is 0 Å². The highest BCUT2D eigenvalue weighted by Crippen LogP contribution is 2.17. The van der Waals surface area contributed by atoms with Crippen molar-refractivity contribution < 1.29 is 0 Å². The van der Waals surface area contributed by atoms with Crippen LogP contribution in [-0.4, -0.2) is 47.6 Å². The smallest absolute Gasteiger partial charge is 0.194 e. The molecule has 1 aliphatic heterocycles. The van der Waals surface area contributed by atoms with Gasteiger partial charge in [0.25, 0.3) is 0 Å².